The van der Waals surface area contributed by atoms with E-state index >= 15 is 0 Å². The van der Waals surface area contributed by atoms with Crippen molar-refractivity contribution >= 4 is 5.69 Å². The van der Waals surface area contributed by atoms with Crippen molar-refractivity contribution in [2.24, 2.45) is 5.41 Å². The number of nitrogens with two attached hydrogens (primary N) is 1. The number of tetrazole rings is 1. The maximum atomic E-state index is 6.08. The van der Waals surface area contributed by atoms with Crippen molar-refractivity contribution in [1.29, 1.82) is 0 Å². The summed E-state index contributed by atoms with van der Waals surface area (Å²) in [5, 5.41) is 12.2. The normalized spacial score (nSPS) is 17.0. The Morgan fingerprint density at radius 3 is 2.81 bits per heavy atom. The Balaban J connectivity index is 1.95. The largest absolute Gasteiger partial charge is 0.497 e. The van der Waals surface area contributed by atoms with Gasteiger partial charge in [0.15, 0.2) is 5.82 Å². The van der Waals surface area contributed by atoms with E-state index in [9.17, 15) is 0 Å². The molecule has 1 aromatic heterocycles. The number of nitrogen functional groups attached to an aromatic ring is 1. The number of hydrogen-bond acceptors (Lipinski definition) is 5. The van der Waals surface area contributed by atoms with Crippen LogP contribution in [0.15, 0.2) is 18.2 Å². The Kier molecular flexibility index (Phi) is 3.53. The van der Waals surface area contributed by atoms with Crippen molar-refractivity contribution in [2.75, 3.05) is 12.8 Å². The highest BCUT2D eigenvalue weighted by Gasteiger charge is 2.30. The third kappa shape index (κ3) is 2.70. The van der Waals surface area contributed by atoms with Crippen LogP contribution < -0.4 is 10.5 Å². The molecule has 0 spiro atoms. The number of aromatic nitrogens is 4. The summed E-state index contributed by atoms with van der Waals surface area (Å²) in [6, 6.07) is 5.55. The minimum atomic E-state index is 0.276. The molecule has 0 radical (unpaired) electrons. The second kappa shape index (κ2) is 5.35. The van der Waals surface area contributed by atoms with E-state index in [1.807, 2.05) is 22.9 Å². The Morgan fingerprint density at radius 2 is 2.10 bits per heavy atom. The predicted octanol–water partition coefficient (Wildman–Crippen LogP) is 2.51. The van der Waals surface area contributed by atoms with Crippen LogP contribution in [0.2, 0.25) is 0 Å². The standard InChI is InChI=1S/C15H21N5O/c1-15(7-3-4-8-15)10-20-14(17-18-19-20)12-9-11(21-2)5-6-13(12)16/h5-6,9H,3-4,7-8,10,16H2,1-2H3. The van der Waals surface area contributed by atoms with Gasteiger partial charge in [-0.25, -0.2) is 4.68 Å². The Morgan fingerprint density at radius 1 is 1.33 bits per heavy atom. The Hall–Kier alpha value is -2.11. The van der Waals surface area contributed by atoms with Crippen LogP contribution in [0, 0.1) is 5.41 Å². The summed E-state index contributed by atoms with van der Waals surface area (Å²) >= 11 is 0. The Bertz CT molecular complexity index is 631. The number of hydrogen-bond donors (Lipinski definition) is 1. The van der Waals surface area contributed by atoms with Crippen molar-refractivity contribution in [3.05, 3.63) is 18.2 Å². The third-order valence-corrected chi connectivity index (χ3v) is 4.38. The van der Waals surface area contributed by atoms with Gasteiger partial charge in [0.05, 0.1) is 13.7 Å². The van der Waals surface area contributed by atoms with Crippen LogP contribution in [0.5, 0.6) is 5.75 Å². The second-order valence-corrected chi connectivity index (χ2v) is 6.13. The molecule has 1 aliphatic rings. The van der Waals surface area contributed by atoms with E-state index in [-0.39, 0.29) is 5.41 Å². The zero-order chi connectivity index (χ0) is 14.9. The third-order valence-electron chi connectivity index (χ3n) is 4.38. The fourth-order valence-electron chi connectivity index (χ4n) is 3.11. The fourth-order valence-corrected chi connectivity index (χ4v) is 3.11. The van der Waals surface area contributed by atoms with Gasteiger partial charge in [0.1, 0.15) is 5.75 Å². The summed E-state index contributed by atoms with van der Waals surface area (Å²) in [5.41, 5.74) is 7.83. The summed E-state index contributed by atoms with van der Waals surface area (Å²) in [4.78, 5) is 0. The number of anilines is 1. The zero-order valence-corrected chi connectivity index (χ0v) is 12.5. The van der Waals surface area contributed by atoms with Gasteiger partial charge in [-0.3, -0.25) is 0 Å². The SMILES string of the molecule is COc1ccc(N)c(-c2nnnn2CC2(C)CCCC2)c1. The lowest BCUT2D eigenvalue weighted by Crippen LogP contribution is -2.21. The summed E-state index contributed by atoms with van der Waals surface area (Å²) in [6.45, 7) is 3.13. The first kappa shape index (κ1) is 13.9. The van der Waals surface area contributed by atoms with Gasteiger partial charge in [-0.2, -0.15) is 0 Å². The van der Waals surface area contributed by atoms with E-state index in [0.29, 0.717) is 11.5 Å². The van der Waals surface area contributed by atoms with Crippen LogP contribution in [0.25, 0.3) is 11.4 Å². The molecule has 6 heteroatoms. The Labute approximate surface area is 124 Å². The van der Waals surface area contributed by atoms with Gasteiger partial charge in [0.2, 0.25) is 0 Å². The number of rotatable bonds is 4. The van der Waals surface area contributed by atoms with Gasteiger partial charge in [0, 0.05) is 11.3 Å². The van der Waals surface area contributed by atoms with Crippen LogP contribution >= 0.6 is 0 Å². The van der Waals surface area contributed by atoms with E-state index < -0.39 is 0 Å². The molecule has 1 heterocycles. The van der Waals surface area contributed by atoms with Crippen LogP contribution in [0.1, 0.15) is 32.6 Å². The molecule has 1 fully saturated rings. The molecule has 3 rings (SSSR count). The molecule has 1 aromatic carbocycles. The van der Waals surface area contributed by atoms with E-state index in [4.69, 9.17) is 10.5 Å². The first-order valence-electron chi connectivity index (χ1n) is 7.31. The molecule has 2 N–H and O–H groups in total. The maximum absolute atomic E-state index is 6.08. The lowest BCUT2D eigenvalue weighted by Gasteiger charge is -2.23. The van der Waals surface area contributed by atoms with Gasteiger partial charge >= 0.3 is 0 Å². The number of methoxy groups -OCH3 is 1. The lowest BCUT2D eigenvalue weighted by atomic mass is 9.89. The molecule has 0 amide bonds. The van der Waals surface area contributed by atoms with Crippen LogP contribution in [-0.4, -0.2) is 27.3 Å². The first-order chi connectivity index (χ1) is 10.1. The summed E-state index contributed by atoms with van der Waals surface area (Å²) in [6.07, 6.45) is 5.02. The molecular weight excluding hydrogens is 266 g/mol. The number of ether oxygens (including phenoxy) is 1. The molecule has 112 valence electrons. The highest BCUT2D eigenvalue weighted by atomic mass is 16.5. The van der Waals surface area contributed by atoms with Crippen molar-refractivity contribution in [3.63, 3.8) is 0 Å². The quantitative estimate of drug-likeness (QED) is 0.874. The average Bonchev–Trinajstić information content (AvgIpc) is 3.09. The topological polar surface area (TPSA) is 78.8 Å². The molecule has 0 unspecified atom stereocenters. The van der Waals surface area contributed by atoms with Crippen LogP contribution in [0.3, 0.4) is 0 Å². The van der Waals surface area contributed by atoms with Gasteiger partial charge < -0.3 is 10.5 Å². The van der Waals surface area contributed by atoms with Crippen LogP contribution in [0.4, 0.5) is 5.69 Å². The zero-order valence-electron chi connectivity index (χ0n) is 12.5. The molecule has 2 aromatic rings. The van der Waals surface area contributed by atoms with Gasteiger partial charge in [0.25, 0.3) is 0 Å². The number of benzene rings is 1. The minimum Gasteiger partial charge on any atom is -0.497 e. The van der Waals surface area contributed by atoms with Crippen molar-refractivity contribution in [3.8, 4) is 17.1 Å². The highest BCUT2D eigenvalue weighted by molar-refractivity contribution is 5.73. The average molecular weight is 287 g/mol. The molecule has 0 aliphatic heterocycles. The predicted molar refractivity (Wildman–Crippen MR) is 80.8 cm³/mol. The molecule has 1 saturated carbocycles. The second-order valence-electron chi connectivity index (χ2n) is 6.13. The van der Waals surface area contributed by atoms with Gasteiger partial charge in [-0.05, 0) is 46.9 Å². The number of nitrogens with zero attached hydrogens (tertiary/aromatic N) is 4. The first-order valence-corrected chi connectivity index (χ1v) is 7.31. The van der Waals surface area contributed by atoms with E-state index in [0.717, 1.165) is 17.9 Å². The van der Waals surface area contributed by atoms with Crippen LogP contribution in [-0.2, 0) is 6.54 Å². The minimum absolute atomic E-state index is 0.276. The molecule has 0 bridgehead atoms. The van der Waals surface area contributed by atoms with E-state index in [1.54, 1.807) is 7.11 Å². The van der Waals surface area contributed by atoms with Crippen molar-refractivity contribution in [1.82, 2.24) is 20.2 Å². The monoisotopic (exact) mass is 287 g/mol. The van der Waals surface area contributed by atoms with Gasteiger partial charge in [-0.15, -0.1) is 5.10 Å². The maximum Gasteiger partial charge on any atom is 0.184 e. The van der Waals surface area contributed by atoms with Crippen molar-refractivity contribution < 1.29 is 4.74 Å². The van der Waals surface area contributed by atoms with Gasteiger partial charge in [-0.1, -0.05) is 19.8 Å². The molecule has 6 nitrogen and oxygen atoms in total. The molecule has 0 atom stereocenters. The smallest absolute Gasteiger partial charge is 0.184 e. The molecular formula is C15H21N5O. The van der Waals surface area contributed by atoms with E-state index in [1.165, 1.54) is 25.7 Å². The van der Waals surface area contributed by atoms with E-state index in [2.05, 4.69) is 22.4 Å². The fraction of sp³-hybridized carbons (Fsp3) is 0.533. The molecule has 1 aliphatic carbocycles. The summed E-state index contributed by atoms with van der Waals surface area (Å²) in [7, 11) is 1.64. The summed E-state index contributed by atoms with van der Waals surface area (Å²) < 4.78 is 7.14. The molecule has 21 heavy (non-hydrogen) atoms. The lowest BCUT2D eigenvalue weighted by molar-refractivity contribution is 0.267. The highest BCUT2D eigenvalue weighted by Crippen LogP contribution is 2.39. The summed E-state index contributed by atoms with van der Waals surface area (Å²) in [5.74, 6) is 1.46. The van der Waals surface area contributed by atoms with Crippen molar-refractivity contribution in [2.45, 2.75) is 39.2 Å². The molecule has 0 saturated heterocycles.